The van der Waals surface area contributed by atoms with Crippen molar-refractivity contribution >= 4 is 28.3 Å². The van der Waals surface area contributed by atoms with Gasteiger partial charge in [-0.05, 0) is 37.3 Å². The van der Waals surface area contributed by atoms with Gasteiger partial charge in [0.05, 0.1) is 24.3 Å². The van der Waals surface area contributed by atoms with Crippen LogP contribution in [0.5, 0.6) is 0 Å². The van der Waals surface area contributed by atoms with E-state index in [0.717, 1.165) is 27.5 Å². The Bertz CT molecular complexity index is 1260. The van der Waals surface area contributed by atoms with Crippen molar-refractivity contribution in [3.8, 4) is 6.07 Å². The van der Waals surface area contributed by atoms with E-state index in [1.54, 1.807) is 4.90 Å². The number of thiophene rings is 1. The average molecular weight is 492 g/mol. The maximum Gasteiger partial charge on any atom is 0.410 e. The molecular formula is C26H29N5O3S. The Morgan fingerprint density at radius 1 is 1.29 bits per heavy atom. The van der Waals surface area contributed by atoms with Crippen molar-refractivity contribution in [1.29, 1.82) is 5.26 Å². The molecule has 0 saturated heterocycles. The molecule has 1 aliphatic heterocycles. The normalized spacial score (nSPS) is 13.6. The van der Waals surface area contributed by atoms with Crippen molar-refractivity contribution in [2.75, 3.05) is 18.5 Å². The number of fused-ring (bicyclic) bond motifs is 1. The van der Waals surface area contributed by atoms with Gasteiger partial charge in [-0.1, -0.05) is 37.3 Å². The van der Waals surface area contributed by atoms with Gasteiger partial charge in [0.1, 0.15) is 23.5 Å². The third-order valence-corrected chi connectivity index (χ3v) is 7.33. The molecule has 0 aliphatic carbocycles. The third kappa shape index (κ3) is 5.72. The number of benzene rings is 1. The lowest BCUT2D eigenvalue weighted by atomic mass is 9.97. The number of carbonyl (C=O) groups is 2. The van der Waals surface area contributed by atoms with Gasteiger partial charge < -0.3 is 19.5 Å². The summed E-state index contributed by atoms with van der Waals surface area (Å²) in [4.78, 5) is 32.3. The first-order valence-electron chi connectivity index (χ1n) is 11.7. The van der Waals surface area contributed by atoms with Gasteiger partial charge in [0.2, 0.25) is 5.91 Å². The van der Waals surface area contributed by atoms with E-state index in [1.807, 2.05) is 61.9 Å². The van der Waals surface area contributed by atoms with Crippen LogP contribution in [-0.4, -0.2) is 39.6 Å². The number of anilines is 1. The second-order valence-corrected chi connectivity index (χ2v) is 9.90. The Hall–Kier alpha value is -3.64. The molecule has 182 valence electrons. The maximum absolute atomic E-state index is 12.7. The number of nitrogens with zero attached hydrogens (tertiary/aromatic N) is 4. The van der Waals surface area contributed by atoms with E-state index in [2.05, 4.69) is 16.4 Å². The largest absolute Gasteiger partial charge is 0.448 e. The van der Waals surface area contributed by atoms with Crippen molar-refractivity contribution in [3.05, 3.63) is 69.6 Å². The van der Waals surface area contributed by atoms with Crippen LogP contribution in [0.1, 0.15) is 52.3 Å². The molecule has 0 spiro atoms. The molecule has 3 heterocycles. The number of aryl methyl sites for hydroxylation is 2. The molecule has 1 N–H and O–H groups in total. The van der Waals surface area contributed by atoms with Crippen LogP contribution in [0, 0.1) is 25.2 Å². The Morgan fingerprint density at radius 3 is 2.74 bits per heavy atom. The number of aromatic nitrogens is 2. The SMILES string of the molecule is Cc1cn(CCOC(=O)N2CCc3c(sc(NC(=O)C[C@H](C)c4ccccc4)c3C#N)C2)c(C)n1. The number of ether oxygens (including phenoxy) is 1. The van der Waals surface area contributed by atoms with Crippen molar-refractivity contribution in [3.63, 3.8) is 0 Å². The van der Waals surface area contributed by atoms with Crippen molar-refractivity contribution in [2.45, 2.75) is 52.6 Å². The Labute approximate surface area is 209 Å². The average Bonchev–Trinajstić information content (AvgIpc) is 3.36. The van der Waals surface area contributed by atoms with Crippen LogP contribution in [0.25, 0.3) is 0 Å². The van der Waals surface area contributed by atoms with Crippen LogP contribution in [-0.2, 0) is 29.0 Å². The van der Waals surface area contributed by atoms with Crippen LogP contribution in [0.15, 0.2) is 36.5 Å². The fraction of sp³-hybridized carbons (Fsp3) is 0.385. The summed E-state index contributed by atoms with van der Waals surface area (Å²) in [6, 6.07) is 12.1. The molecule has 4 rings (SSSR count). The van der Waals surface area contributed by atoms with Gasteiger partial charge in [0.15, 0.2) is 0 Å². The predicted octanol–water partition coefficient (Wildman–Crippen LogP) is 4.76. The molecule has 0 fully saturated rings. The summed E-state index contributed by atoms with van der Waals surface area (Å²) < 4.78 is 7.45. The molecule has 3 aromatic rings. The summed E-state index contributed by atoms with van der Waals surface area (Å²) in [7, 11) is 0. The van der Waals surface area contributed by atoms with E-state index in [0.29, 0.717) is 43.0 Å². The fourth-order valence-corrected chi connectivity index (χ4v) is 5.57. The van der Waals surface area contributed by atoms with Gasteiger partial charge >= 0.3 is 6.09 Å². The quantitative estimate of drug-likeness (QED) is 0.514. The molecule has 2 amide bonds. The minimum Gasteiger partial charge on any atom is -0.448 e. The minimum absolute atomic E-state index is 0.0663. The van der Waals surface area contributed by atoms with Gasteiger partial charge in [0, 0.05) is 24.0 Å². The van der Waals surface area contributed by atoms with E-state index >= 15 is 0 Å². The standard InChI is InChI=1S/C26H29N5O3S/c1-17(20-7-5-4-6-8-20)13-24(32)29-25-22(14-27)21-9-10-31(16-23(21)35-25)26(33)34-12-11-30-15-18(2)28-19(30)3/h4-8,15,17H,9-13,16H2,1-3H3,(H,29,32)/t17-/m0/s1. The van der Waals surface area contributed by atoms with Crippen LogP contribution >= 0.6 is 11.3 Å². The van der Waals surface area contributed by atoms with E-state index in [4.69, 9.17) is 4.74 Å². The van der Waals surface area contributed by atoms with Crippen molar-refractivity contribution in [2.24, 2.45) is 0 Å². The number of rotatable bonds is 7. The first-order valence-corrected chi connectivity index (χ1v) is 12.5. The zero-order valence-electron chi connectivity index (χ0n) is 20.2. The monoisotopic (exact) mass is 491 g/mol. The molecular weight excluding hydrogens is 462 g/mol. The molecule has 0 radical (unpaired) electrons. The molecule has 2 aromatic heterocycles. The Balaban J connectivity index is 1.35. The highest BCUT2D eigenvalue weighted by molar-refractivity contribution is 7.16. The van der Waals surface area contributed by atoms with Gasteiger partial charge in [-0.2, -0.15) is 5.26 Å². The van der Waals surface area contributed by atoms with Gasteiger partial charge in [-0.25, -0.2) is 9.78 Å². The first kappa shape index (κ1) is 24.5. The van der Waals surface area contributed by atoms with Gasteiger partial charge in [0.25, 0.3) is 0 Å². The third-order valence-electron chi connectivity index (χ3n) is 6.19. The van der Waals surface area contributed by atoms with E-state index in [1.165, 1.54) is 11.3 Å². The van der Waals surface area contributed by atoms with Crippen LogP contribution < -0.4 is 5.32 Å². The van der Waals surface area contributed by atoms with E-state index in [-0.39, 0.29) is 24.5 Å². The molecule has 8 nitrogen and oxygen atoms in total. The van der Waals surface area contributed by atoms with Crippen molar-refractivity contribution < 1.29 is 14.3 Å². The summed E-state index contributed by atoms with van der Waals surface area (Å²) in [5, 5.41) is 13.2. The van der Waals surface area contributed by atoms with E-state index in [9.17, 15) is 14.9 Å². The molecule has 0 unspecified atom stereocenters. The molecule has 9 heteroatoms. The highest BCUT2D eigenvalue weighted by Gasteiger charge is 2.28. The number of hydrogen-bond acceptors (Lipinski definition) is 6. The number of imidazole rings is 1. The number of amides is 2. The zero-order valence-corrected chi connectivity index (χ0v) is 21.0. The highest BCUT2D eigenvalue weighted by atomic mass is 32.1. The molecule has 1 aliphatic rings. The maximum atomic E-state index is 12.7. The lowest BCUT2D eigenvalue weighted by Gasteiger charge is -2.26. The second kappa shape index (κ2) is 10.7. The predicted molar refractivity (Wildman–Crippen MR) is 134 cm³/mol. The second-order valence-electron chi connectivity index (χ2n) is 8.79. The summed E-state index contributed by atoms with van der Waals surface area (Å²) in [5.41, 5.74) is 3.45. The minimum atomic E-state index is -0.376. The molecule has 1 aromatic carbocycles. The van der Waals surface area contributed by atoms with Gasteiger partial charge in [-0.3, -0.25) is 4.79 Å². The molecule has 0 saturated carbocycles. The Kier molecular flexibility index (Phi) is 7.51. The summed E-state index contributed by atoms with van der Waals surface area (Å²) in [6.45, 7) is 7.51. The fourth-order valence-electron chi connectivity index (χ4n) is 4.34. The summed E-state index contributed by atoms with van der Waals surface area (Å²) >= 11 is 1.37. The highest BCUT2D eigenvalue weighted by Crippen LogP contribution is 2.37. The van der Waals surface area contributed by atoms with Crippen molar-refractivity contribution in [1.82, 2.24) is 14.5 Å². The molecule has 0 bridgehead atoms. The number of nitrogens with one attached hydrogen (secondary N) is 1. The van der Waals surface area contributed by atoms with Crippen LogP contribution in [0.4, 0.5) is 9.80 Å². The topological polar surface area (TPSA) is 100 Å². The van der Waals surface area contributed by atoms with Crippen LogP contribution in [0.2, 0.25) is 0 Å². The Morgan fingerprint density at radius 2 is 2.06 bits per heavy atom. The lowest BCUT2D eigenvalue weighted by molar-refractivity contribution is -0.116. The lowest BCUT2D eigenvalue weighted by Crippen LogP contribution is -2.36. The van der Waals surface area contributed by atoms with Gasteiger partial charge in [-0.15, -0.1) is 11.3 Å². The summed E-state index contributed by atoms with van der Waals surface area (Å²) in [6.07, 6.45) is 2.44. The number of carbonyl (C=O) groups excluding carboxylic acids is 2. The molecule has 1 atom stereocenters. The number of hydrogen-bond donors (Lipinski definition) is 1. The number of nitriles is 1. The smallest absolute Gasteiger partial charge is 0.410 e. The van der Waals surface area contributed by atoms with Crippen LogP contribution in [0.3, 0.4) is 0 Å². The zero-order chi connectivity index (χ0) is 24.9. The summed E-state index contributed by atoms with van der Waals surface area (Å²) in [5.74, 6) is 0.825. The first-order chi connectivity index (χ1) is 16.9. The van der Waals surface area contributed by atoms with E-state index < -0.39 is 0 Å². The molecule has 35 heavy (non-hydrogen) atoms.